The van der Waals surface area contributed by atoms with E-state index in [4.69, 9.17) is 0 Å². The first kappa shape index (κ1) is 14.3. The number of aliphatic hydroxyl groups excluding tert-OH is 1. The number of aromatic nitrogens is 1. The van der Waals surface area contributed by atoms with Gasteiger partial charge in [0.15, 0.2) is 0 Å². The molecule has 1 aromatic heterocycles. The number of likely N-dealkylation sites (tertiary alicyclic amines) is 1. The summed E-state index contributed by atoms with van der Waals surface area (Å²) < 4.78 is 0. The van der Waals surface area contributed by atoms with Gasteiger partial charge in [-0.3, -0.25) is 4.90 Å². The minimum atomic E-state index is 0.257. The summed E-state index contributed by atoms with van der Waals surface area (Å²) in [7, 11) is 0. The predicted molar refractivity (Wildman–Crippen MR) is 78.1 cm³/mol. The average Bonchev–Trinajstić information content (AvgIpc) is 2.77. The number of nitrogens with one attached hydrogen (secondary N) is 1. The first-order valence-electron chi connectivity index (χ1n) is 7.28. The van der Waals surface area contributed by atoms with Crippen LogP contribution in [0.3, 0.4) is 0 Å². The minimum absolute atomic E-state index is 0.257. The summed E-state index contributed by atoms with van der Waals surface area (Å²) in [4.78, 5) is 6.71. The fourth-order valence-corrected chi connectivity index (χ4v) is 2.74. The van der Waals surface area contributed by atoms with Gasteiger partial charge in [0.05, 0.1) is 6.61 Å². The predicted octanol–water partition coefficient (Wildman–Crippen LogP) is 2.11. The van der Waals surface area contributed by atoms with E-state index in [0.29, 0.717) is 12.0 Å². The van der Waals surface area contributed by atoms with Crippen LogP contribution in [-0.4, -0.2) is 40.7 Å². The largest absolute Gasteiger partial charge is 0.395 e. The zero-order valence-electron chi connectivity index (χ0n) is 12.0. The molecule has 0 saturated carbocycles. The smallest absolute Gasteiger partial charge is 0.126 e. The van der Waals surface area contributed by atoms with Crippen molar-refractivity contribution in [2.75, 3.05) is 25.0 Å². The SMILES string of the molecule is CCCNc1cc(CN2CCC(C)C2CO)ccn1. The molecule has 1 fully saturated rings. The number of aliphatic hydroxyl groups is 1. The van der Waals surface area contributed by atoms with Gasteiger partial charge in [0.2, 0.25) is 0 Å². The van der Waals surface area contributed by atoms with Crippen molar-refractivity contribution in [2.24, 2.45) is 5.92 Å². The van der Waals surface area contributed by atoms with Crippen LogP contribution in [0.25, 0.3) is 0 Å². The van der Waals surface area contributed by atoms with E-state index in [9.17, 15) is 5.11 Å². The Hall–Kier alpha value is -1.13. The number of rotatable bonds is 6. The van der Waals surface area contributed by atoms with Crippen molar-refractivity contribution in [1.82, 2.24) is 9.88 Å². The van der Waals surface area contributed by atoms with Crippen molar-refractivity contribution in [1.29, 1.82) is 0 Å². The van der Waals surface area contributed by atoms with Gasteiger partial charge in [0.25, 0.3) is 0 Å². The van der Waals surface area contributed by atoms with Crippen LogP contribution in [0, 0.1) is 5.92 Å². The average molecular weight is 263 g/mol. The molecule has 4 nitrogen and oxygen atoms in total. The van der Waals surface area contributed by atoms with E-state index < -0.39 is 0 Å². The van der Waals surface area contributed by atoms with Crippen LogP contribution in [0.2, 0.25) is 0 Å². The van der Waals surface area contributed by atoms with E-state index in [0.717, 1.165) is 31.9 Å². The van der Waals surface area contributed by atoms with Crippen LogP contribution in [-0.2, 0) is 6.54 Å². The number of anilines is 1. The zero-order valence-corrected chi connectivity index (χ0v) is 12.0. The Labute approximate surface area is 115 Å². The number of nitrogens with zero attached hydrogens (tertiary/aromatic N) is 2. The van der Waals surface area contributed by atoms with Crippen molar-refractivity contribution in [3.05, 3.63) is 23.9 Å². The molecule has 106 valence electrons. The maximum atomic E-state index is 9.49. The molecule has 0 bridgehead atoms. The highest BCUT2D eigenvalue weighted by Gasteiger charge is 2.30. The molecule has 0 amide bonds. The Morgan fingerprint density at radius 1 is 1.53 bits per heavy atom. The van der Waals surface area contributed by atoms with Crippen molar-refractivity contribution in [3.8, 4) is 0 Å². The molecule has 1 aromatic rings. The highest BCUT2D eigenvalue weighted by molar-refractivity contribution is 5.37. The van der Waals surface area contributed by atoms with Crippen molar-refractivity contribution in [2.45, 2.75) is 39.3 Å². The lowest BCUT2D eigenvalue weighted by Crippen LogP contribution is -2.34. The number of hydrogen-bond donors (Lipinski definition) is 2. The van der Waals surface area contributed by atoms with Crippen LogP contribution in [0.15, 0.2) is 18.3 Å². The standard InChI is InChI=1S/C15H25N3O/c1-3-6-16-15-9-13(4-7-17-15)10-18-8-5-12(2)14(18)11-19/h4,7,9,12,14,19H,3,5-6,8,10-11H2,1-2H3,(H,16,17). The lowest BCUT2D eigenvalue weighted by Gasteiger charge is -2.25. The first-order valence-corrected chi connectivity index (χ1v) is 7.28. The molecule has 19 heavy (non-hydrogen) atoms. The second-order valence-electron chi connectivity index (χ2n) is 5.46. The zero-order chi connectivity index (χ0) is 13.7. The molecule has 0 radical (unpaired) electrons. The van der Waals surface area contributed by atoms with E-state index >= 15 is 0 Å². The first-order chi connectivity index (χ1) is 9.24. The summed E-state index contributed by atoms with van der Waals surface area (Å²) in [5.74, 6) is 1.54. The van der Waals surface area contributed by atoms with Crippen LogP contribution in [0.4, 0.5) is 5.82 Å². The fraction of sp³-hybridized carbons (Fsp3) is 0.667. The Morgan fingerprint density at radius 2 is 2.37 bits per heavy atom. The Bertz CT molecular complexity index is 397. The van der Waals surface area contributed by atoms with Gasteiger partial charge < -0.3 is 10.4 Å². The topological polar surface area (TPSA) is 48.4 Å². The third-order valence-electron chi connectivity index (χ3n) is 3.95. The summed E-state index contributed by atoms with van der Waals surface area (Å²) in [6.45, 7) is 7.56. The highest BCUT2D eigenvalue weighted by Crippen LogP contribution is 2.25. The lowest BCUT2D eigenvalue weighted by molar-refractivity contribution is 0.134. The van der Waals surface area contributed by atoms with Crippen molar-refractivity contribution in [3.63, 3.8) is 0 Å². The molecule has 4 heteroatoms. The fourth-order valence-electron chi connectivity index (χ4n) is 2.74. The van der Waals surface area contributed by atoms with Gasteiger partial charge in [-0.2, -0.15) is 0 Å². The summed E-state index contributed by atoms with van der Waals surface area (Å²) in [6.07, 6.45) is 4.14. The van der Waals surface area contributed by atoms with E-state index in [-0.39, 0.29) is 6.61 Å². The van der Waals surface area contributed by atoms with Crippen LogP contribution >= 0.6 is 0 Å². The quantitative estimate of drug-likeness (QED) is 0.825. The molecule has 1 aliphatic heterocycles. The van der Waals surface area contributed by atoms with Gasteiger partial charge in [0.1, 0.15) is 5.82 Å². The molecule has 0 aromatic carbocycles. The Balaban J connectivity index is 1.98. The van der Waals surface area contributed by atoms with Crippen LogP contribution < -0.4 is 5.32 Å². The molecule has 0 spiro atoms. The van der Waals surface area contributed by atoms with E-state index in [1.54, 1.807) is 0 Å². The van der Waals surface area contributed by atoms with Crippen LogP contribution in [0.1, 0.15) is 32.3 Å². The van der Waals surface area contributed by atoms with Gasteiger partial charge in [-0.15, -0.1) is 0 Å². The molecule has 2 atom stereocenters. The Kier molecular flexibility index (Phi) is 5.16. The molecule has 2 N–H and O–H groups in total. The number of hydrogen-bond acceptors (Lipinski definition) is 4. The molecular formula is C15H25N3O. The maximum absolute atomic E-state index is 9.49. The molecule has 2 rings (SSSR count). The molecule has 1 aliphatic rings. The second-order valence-corrected chi connectivity index (χ2v) is 5.46. The summed E-state index contributed by atoms with van der Waals surface area (Å²) in [5, 5.41) is 12.8. The van der Waals surface area contributed by atoms with Gasteiger partial charge in [-0.05, 0) is 43.0 Å². The molecule has 1 saturated heterocycles. The normalized spacial score (nSPS) is 23.7. The molecule has 2 unspecified atom stereocenters. The summed E-state index contributed by atoms with van der Waals surface area (Å²) >= 11 is 0. The molecular weight excluding hydrogens is 238 g/mol. The monoisotopic (exact) mass is 263 g/mol. The number of pyridine rings is 1. The third-order valence-corrected chi connectivity index (χ3v) is 3.95. The van der Waals surface area contributed by atoms with Gasteiger partial charge in [-0.25, -0.2) is 4.98 Å². The highest BCUT2D eigenvalue weighted by atomic mass is 16.3. The molecule has 0 aliphatic carbocycles. The van der Waals surface area contributed by atoms with Crippen LogP contribution in [0.5, 0.6) is 0 Å². The van der Waals surface area contributed by atoms with E-state index in [2.05, 4.69) is 41.2 Å². The Morgan fingerprint density at radius 3 is 3.11 bits per heavy atom. The second kappa shape index (κ2) is 6.87. The summed E-state index contributed by atoms with van der Waals surface area (Å²) in [5.41, 5.74) is 1.26. The van der Waals surface area contributed by atoms with E-state index in [1.807, 2.05) is 6.20 Å². The van der Waals surface area contributed by atoms with Crippen molar-refractivity contribution >= 4 is 5.82 Å². The summed E-state index contributed by atoms with van der Waals surface area (Å²) in [6, 6.07) is 4.49. The van der Waals surface area contributed by atoms with Gasteiger partial charge in [-0.1, -0.05) is 13.8 Å². The third kappa shape index (κ3) is 3.67. The van der Waals surface area contributed by atoms with E-state index in [1.165, 1.54) is 12.0 Å². The van der Waals surface area contributed by atoms with Gasteiger partial charge >= 0.3 is 0 Å². The van der Waals surface area contributed by atoms with Crippen molar-refractivity contribution < 1.29 is 5.11 Å². The maximum Gasteiger partial charge on any atom is 0.126 e. The van der Waals surface area contributed by atoms with Gasteiger partial charge in [0, 0.05) is 25.3 Å². The lowest BCUT2D eigenvalue weighted by atomic mass is 10.0. The minimum Gasteiger partial charge on any atom is -0.395 e. The molecule has 2 heterocycles.